The van der Waals surface area contributed by atoms with Gasteiger partial charge < -0.3 is 13.9 Å². The summed E-state index contributed by atoms with van der Waals surface area (Å²) in [6.07, 6.45) is 2.34. The van der Waals surface area contributed by atoms with E-state index in [0.717, 1.165) is 0 Å². The second-order valence-corrected chi connectivity index (χ2v) is 7.90. The van der Waals surface area contributed by atoms with Crippen molar-refractivity contribution in [2.45, 2.75) is 37.3 Å². The Hall–Kier alpha value is -2.70. The van der Waals surface area contributed by atoms with Gasteiger partial charge in [-0.25, -0.2) is 9.18 Å². The molecule has 0 aliphatic heterocycles. The van der Waals surface area contributed by atoms with E-state index in [4.69, 9.17) is 4.74 Å². The molecule has 1 fully saturated rings. The van der Waals surface area contributed by atoms with Crippen molar-refractivity contribution in [3.63, 3.8) is 0 Å². The molecule has 7 nitrogen and oxygen atoms in total. The van der Waals surface area contributed by atoms with E-state index in [9.17, 15) is 40.0 Å². The average Bonchev–Trinajstić information content (AvgIpc) is 3.38. The third-order valence-electron chi connectivity index (χ3n) is 4.48. The molecule has 0 saturated heterocycles. The highest BCUT2D eigenvalue weighted by atomic mass is 32.2. The molecule has 1 aliphatic rings. The zero-order valence-corrected chi connectivity index (χ0v) is 15.3. The van der Waals surface area contributed by atoms with Crippen molar-refractivity contribution in [2.75, 3.05) is 0 Å². The number of aromatic nitrogens is 1. The highest BCUT2D eigenvalue weighted by Gasteiger charge is 2.49. The summed E-state index contributed by atoms with van der Waals surface area (Å²) in [6, 6.07) is 0.306. The Morgan fingerprint density at radius 3 is 2.41 bits per heavy atom. The smallest absolute Gasteiger partial charge is 0.455 e. The van der Waals surface area contributed by atoms with Crippen molar-refractivity contribution in [1.82, 2.24) is 4.98 Å². The summed E-state index contributed by atoms with van der Waals surface area (Å²) >= 11 is 0. The number of aromatic amines is 1. The topological polar surface area (TPSA) is 103 Å². The maximum Gasteiger partial charge on any atom is 0.534 e. The van der Waals surface area contributed by atoms with Crippen LogP contribution < -0.4 is 9.61 Å². The lowest BCUT2D eigenvalue weighted by Crippen LogP contribution is -2.29. The summed E-state index contributed by atoms with van der Waals surface area (Å²) in [6.45, 7) is 1.76. The van der Waals surface area contributed by atoms with E-state index in [1.807, 2.05) is 0 Å². The average molecular weight is 441 g/mol. The third-order valence-corrected chi connectivity index (χ3v) is 5.44. The first-order chi connectivity index (χ1) is 13.3. The van der Waals surface area contributed by atoms with Crippen molar-refractivity contribution >= 4 is 27.0 Å². The van der Waals surface area contributed by atoms with Gasteiger partial charge in [-0.3, -0.25) is 4.79 Å². The number of carbonyl (C=O) groups excluding carboxylic acids is 1. The van der Waals surface area contributed by atoms with Crippen LogP contribution in [0.5, 0.6) is 5.75 Å². The third kappa shape index (κ3) is 3.66. The first-order valence-corrected chi connectivity index (χ1v) is 9.50. The van der Waals surface area contributed by atoms with Gasteiger partial charge in [-0.15, -0.1) is 0 Å². The van der Waals surface area contributed by atoms with E-state index < -0.39 is 66.5 Å². The first kappa shape index (κ1) is 21.0. The molecule has 1 aromatic heterocycles. The van der Waals surface area contributed by atoms with Crippen LogP contribution >= 0.6 is 0 Å². The lowest BCUT2D eigenvalue weighted by molar-refractivity contribution is -0.0500. The summed E-state index contributed by atoms with van der Waals surface area (Å²) < 4.78 is 96.7. The van der Waals surface area contributed by atoms with Crippen molar-refractivity contribution in [2.24, 2.45) is 0 Å². The molecular weight excluding hydrogens is 429 g/mol. The number of H-pyrrole nitrogens is 1. The number of carbonyl (C=O) groups is 1. The molecular formula is C16H12F5NO6S. The molecule has 2 aromatic rings. The van der Waals surface area contributed by atoms with Gasteiger partial charge in [-0.1, -0.05) is 6.92 Å². The summed E-state index contributed by atoms with van der Waals surface area (Å²) in [5.41, 5.74) is -9.35. The molecule has 1 N–H and O–H groups in total. The standard InChI is InChI=1S/C16H12F5NO6S/c1-2-15(3-4-15)27-14(24)8-6-22-11-7(12(8)23)5-9(17)10(18)13(11)28-29(25,26)16(19,20)21/h5-6H,2-4H2,1H3,(H,22,23). The maximum absolute atomic E-state index is 14.0. The van der Waals surface area contributed by atoms with Crippen LogP contribution in [0.25, 0.3) is 10.9 Å². The quantitative estimate of drug-likeness (QED) is 0.331. The number of halogens is 5. The van der Waals surface area contributed by atoms with Crippen LogP contribution in [0.1, 0.15) is 36.5 Å². The van der Waals surface area contributed by atoms with Gasteiger partial charge in [-0.05, 0) is 25.3 Å². The fraction of sp³-hybridized carbons (Fsp3) is 0.375. The summed E-state index contributed by atoms with van der Waals surface area (Å²) in [4.78, 5) is 26.9. The van der Waals surface area contributed by atoms with Gasteiger partial charge in [0.05, 0.1) is 10.9 Å². The Balaban J connectivity index is 2.13. The molecule has 29 heavy (non-hydrogen) atoms. The molecule has 0 amide bonds. The van der Waals surface area contributed by atoms with E-state index in [0.29, 0.717) is 31.5 Å². The van der Waals surface area contributed by atoms with Crippen LogP contribution in [-0.2, 0) is 14.9 Å². The van der Waals surface area contributed by atoms with Crippen molar-refractivity contribution < 1.29 is 44.1 Å². The minimum absolute atomic E-state index is 0.306. The van der Waals surface area contributed by atoms with Crippen molar-refractivity contribution in [1.29, 1.82) is 0 Å². The molecule has 0 atom stereocenters. The minimum atomic E-state index is -6.36. The largest absolute Gasteiger partial charge is 0.534 e. The Kier molecular flexibility index (Phi) is 4.84. The number of esters is 1. The van der Waals surface area contributed by atoms with Crippen molar-refractivity contribution in [3.05, 3.63) is 39.7 Å². The van der Waals surface area contributed by atoms with Crippen LogP contribution in [0, 0.1) is 11.6 Å². The molecule has 1 heterocycles. The highest BCUT2D eigenvalue weighted by molar-refractivity contribution is 7.88. The SMILES string of the molecule is CCC1(OC(=O)c2c[nH]c3c(OS(=O)(=O)C(F)(F)F)c(F)c(F)cc3c2=O)CC1. The number of alkyl halides is 3. The monoisotopic (exact) mass is 441 g/mol. The lowest BCUT2D eigenvalue weighted by Gasteiger charge is -2.15. The molecule has 0 bridgehead atoms. The molecule has 0 radical (unpaired) electrons. The fourth-order valence-electron chi connectivity index (χ4n) is 2.59. The van der Waals surface area contributed by atoms with Crippen LogP contribution in [0.15, 0.2) is 17.1 Å². The zero-order chi connectivity index (χ0) is 21.8. The van der Waals surface area contributed by atoms with Crippen LogP contribution in [0.4, 0.5) is 22.0 Å². The number of hydrogen-bond acceptors (Lipinski definition) is 6. The number of nitrogens with one attached hydrogen (secondary N) is 1. The van der Waals surface area contributed by atoms with Crippen LogP contribution in [0.2, 0.25) is 0 Å². The predicted molar refractivity (Wildman–Crippen MR) is 87.8 cm³/mol. The molecule has 1 aliphatic carbocycles. The van der Waals surface area contributed by atoms with Crippen molar-refractivity contribution in [3.8, 4) is 5.75 Å². The molecule has 1 aromatic carbocycles. The van der Waals surface area contributed by atoms with Gasteiger partial charge in [0.2, 0.25) is 17.0 Å². The Bertz CT molecular complexity index is 1170. The summed E-state index contributed by atoms with van der Waals surface area (Å²) in [5, 5.41) is -0.799. The zero-order valence-electron chi connectivity index (χ0n) is 14.5. The predicted octanol–water partition coefficient (Wildman–Crippen LogP) is 3.13. The summed E-state index contributed by atoms with van der Waals surface area (Å²) in [7, 11) is -6.36. The van der Waals surface area contributed by atoms with Gasteiger partial charge in [0.1, 0.15) is 11.2 Å². The Morgan fingerprint density at radius 2 is 1.90 bits per heavy atom. The molecule has 3 rings (SSSR count). The Labute approximate surface area is 159 Å². The highest BCUT2D eigenvalue weighted by Crippen LogP contribution is 2.43. The van der Waals surface area contributed by atoms with E-state index in [1.165, 1.54) is 0 Å². The normalized spacial score (nSPS) is 15.9. The van der Waals surface area contributed by atoms with Gasteiger partial charge in [0.25, 0.3) is 0 Å². The Morgan fingerprint density at radius 1 is 1.28 bits per heavy atom. The number of benzene rings is 1. The van der Waals surface area contributed by atoms with E-state index in [1.54, 1.807) is 6.92 Å². The molecule has 1 saturated carbocycles. The molecule has 0 spiro atoms. The van der Waals surface area contributed by atoms with E-state index in [2.05, 4.69) is 9.17 Å². The first-order valence-electron chi connectivity index (χ1n) is 8.09. The molecule has 0 unspecified atom stereocenters. The number of fused-ring (bicyclic) bond motifs is 1. The van der Waals surface area contributed by atoms with Gasteiger partial charge in [0.15, 0.2) is 5.82 Å². The minimum Gasteiger partial charge on any atom is -0.455 e. The second kappa shape index (κ2) is 6.68. The van der Waals surface area contributed by atoms with E-state index >= 15 is 0 Å². The second-order valence-electron chi connectivity index (χ2n) is 6.36. The molecule has 158 valence electrons. The maximum atomic E-state index is 14.0. The van der Waals surface area contributed by atoms with Gasteiger partial charge in [-0.2, -0.15) is 26.0 Å². The van der Waals surface area contributed by atoms with Crippen LogP contribution in [-0.4, -0.2) is 30.5 Å². The fourth-order valence-corrected chi connectivity index (χ4v) is 3.06. The van der Waals surface area contributed by atoms with Gasteiger partial charge >= 0.3 is 21.6 Å². The lowest BCUT2D eigenvalue weighted by atomic mass is 10.1. The number of pyridine rings is 1. The number of ether oxygens (including phenoxy) is 1. The number of rotatable bonds is 5. The van der Waals surface area contributed by atoms with Crippen LogP contribution in [0.3, 0.4) is 0 Å². The van der Waals surface area contributed by atoms with E-state index in [-0.39, 0.29) is 0 Å². The molecule has 13 heteroatoms. The summed E-state index contributed by atoms with van der Waals surface area (Å²) in [5.74, 6) is -6.68. The van der Waals surface area contributed by atoms with Gasteiger partial charge in [0, 0.05) is 6.20 Å². The number of hydrogen-bond donors (Lipinski definition) is 1.